The Labute approximate surface area is 101 Å². The molecular weight excluding hydrogens is 216 g/mol. The predicted molar refractivity (Wildman–Crippen MR) is 68.6 cm³/mol. The summed E-state index contributed by atoms with van der Waals surface area (Å²) >= 11 is 0. The Morgan fingerprint density at radius 2 is 1.76 bits per heavy atom. The molecule has 1 amide bonds. The number of hydrogen-bond acceptors (Lipinski definition) is 2. The molecule has 1 saturated carbocycles. The quantitative estimate of drug-likeness (QED) is 0.749. The van der Waals surface area contributed by atoms with Crippen molar-refractivity contribution in [3.63, 3.8) is 0 Å². The van der Waals surface area contributed by atoms with Crippen LogP contribution in [0.1, 0.15) is 32.1 Å². The Kier molecular flexibility index (Phi) is 3.85. The lowest BCUT2D eigenvalue weighted by molar-refractivity contribution is 0.210. The molecule has 0 aliphatic heterocycles. The molecule has 92 valence electrons. The van der Waals surface area contributed by atoms with Crippen molar-refractivity contribution in [3.8, 4) is 0 Å². The summed E-state index contributed by atoms with van der Waals surface area (Å²) in [5, 5.41) is 14.6. The fourth-order valence-electron chi connectivity index (χ4n) is 2.30. The maximum Gasteiger partial charge on any atom is 0.409 e. The van der Waals surface area contributed by atoms with Gasteiger partial charge in [0.2, 0.25) is 0 Å². The van der Waals surface area contributed by atoms with E-state index in [0.717, 1.165) is 5.69 Å². The van der Waals surface area contributed by atoms with Gasteiger partial charge < -0.3 is 10.4 Å². The summed E-state index contributed by atoms with van der Waals surface area (Å²) < 4.78 is 0. The summed E-state index contributed by atoms with van der Waals surface area (Å²) in [5.74, 6) is 0. The van der Waals surface area contributed by atoms with Gasteiger partial charge in [0, 0.05) is 6.04 Å². The first-order chi connectivity index (χ1) is 8.25. The van der Waals surface area contributed by atoms with Gasteiger partial charge in [0.05, 0.1) is 11.4 Å². The van der Waals surface area contributed by atoms with Crippen LogP contribution in [0.15, 0.2) is 24.3 Å². The molecule has 1 aliphatic carbocycles. The maximum absolute atomic E-state index is 10.7. The lowest BCUT2D eigenvalue weighted by atomic mass is 9.95. The normalized spacial score (nSPS) is 16.5. The van der Waals surface area contributed by atoms with Crippen LogP contribution >= 0.6 is 0 Å². The second kappa shape index (κ2) is 5.57. The minimum Gasteiger partial charge on any atom is -0.465 e. The van der Waals surface area contributed by atoms with Gasteiger partial charge in [-0.2, -0.15) is 0 Å². The standard InChI is InChI=1S/C13H18N2O2/c16-13(17)15-12-9-5-4-8-11(12)14-10-6-2-1-3-7-10/h4-5,8-10,14-15H,1-3,6-7H2,(H,16,17). The van der Waals surface area contributed by atoms with E-state index in [9.17, 15) is 4.79 Å². The molecule has 1 fully saturated rings. The van der Waals surface area contributed by atoms with E-state index in [2.05, 4.69) is 10.6 Å². The molecule has 1 aromatic rings. The lowest BCUT2D eigenvalue weighted by Gasteiger charge is -2.25. The van der Waals surface area contributed by atoms with E-state index in [1.807, 2.05) is 18.2 Å². The average Bonchev–Trinajstić information content (AvgIpc) is 2.32. The minimum absolute atomic E-state index is 0.473. The molecule has 0 atom stereocenters. The third-order valence-electron chi connectivity index (χ3n) is 3.13. The minimum atomic E-state index is -1.03. The van der Waals surface area contributed by atoms with Gasteiger partial charge in [-0.05, 0) is 25.0 Å². The van der Waals surface area contributed by atoms with Crippen molar-refractivity contribution in [1.29, 1.82) is 0 Å². The van der Waals surface area contributed by atoms with Crippen molar-refractivity contribution < 1.29 is 9.90 Å². The molecule has 2 rings (SSSR count). The fraction of sp³-hybridized carbons (Fsp3) is 0.462. The maximum atomic E-state index is 10.7. The highest BCUT2D eigenvalue weighted by Gasteiger charge is 2.14. The van der Waals surface area contributed by atoms with Crippen LogP contribution in [0.2, 0.25) is 0 Å². The molecule has 0 saturated heterocycles. The van der Waals surface area contributed by atoms with E-state index < -0.39 is 6.09 Å². The number of hydrogen-bond donors (Lipinski definition) is 3. The molecule has 0 spiro atoms. The smallest absolute Gasteiger partial charge is 0.409 e. The van der Waals surface area contributed by atoms with E-state index in [0.29, 0.717) is 11.7 Å². The summed E-state index contributed by atoms with van der Waals surface area (Å²) in [6, 6.07) is 7.91. The van der Waals surface area contributed by atoms with Crippen LogP contribution in [0.25, 0.3) is 0 Å². The van der Waals surface area contributed by atoms with Crippen LogP contribution in [0.4, 0.5) is 16.2 Å². The zero-order valence-corrected chi connectivity index (χ0v) is 9.78. The van der Waals surface area contributed by atoms with Crippen molar-refractivity contribution >= 4 is 17.5 Å². The predicted octanol–water partition coefficient (Wildman–Crippen LogP) is 3.52. The third kappa shape index (κ3) is 3.37. The van der Waals surface area contributed by atoms with E-state index in [-0.39, 0.29) is 0 Å². The van der Waals surface area contributed by atoms with Gasteiger partial charge in [0.25, 0.3) is 0 Å². The zero-order valence-electron chi connectivity index (χ0n) is 9.78. The van der Waals surface area contributed by atoms with E-state index in [1.165, 1.54) is 32.1 Å². The van der Waals surface area contributed by atoms with Crippen molar-refractivity contribution in [1.82, 2.24) is 0 Å². The van der Waals surface area contributed by atoms with Crippen LogP contribution in [-0.2, 0) is 0 Å². The molecular formula is C13H18N2O2. The van der Waals surface area contributed by atoms with Gasteiger partial charge in [-0.3, -0.25) is 5.32 Å². The summed E-state index contributed by atoms with van der Waals surface area (Å²) in [5.41, 5.74) is 1.51. The Hall–Kier alpha value is -1.71. The monoisotopic (exact) mass is 234 g/mol. The second-order valence-electron chi connectivity index (χ2n) is 4.46. The van der Waals surface area contributed by atoms with E-state index >= 15 is 0 Å². The first kappa shape index (κ1) is 11.8. The Morgan fingerprint density at radius 1 is 1.12 bits per heavy atom. The second-order valence-corrected chi connectivity index (χ2v) is 4.46. The van der Waals surface area contributed by atoms with Crippen LogP contribution in [-0.4, -0.2) is 17.2 Å². The number of carboxylic acid groups (broad SMARTS) is 1. The van der Waals surface area contributed by atoms with Crippen molar-refractivity contribution in [2.24, 2.45) is 0 Å². The number of rotatable bonds is 3. The lowest BCUT2D eigenvalue weighted by Crippen LogP contribution is -2.23. The SMILES string of the molecule is O=C(O)Nc1ccccc1NC1CCCCC1. The highest BCUT2D eigenvalue weighted by Crippen LogP contribution is 2.26. The van der Waals surface area contributed by atoms with Gasteiger partial charge in [-0.25, -0.2) is 4.79 Å². The van der Waals surface area contributed by atoms with Crippen LogP contribution in [0, 0.1) is 0 Å². The largest absolute Gasteiger partial charge is 0.465 e. The molecule has 3 N–H and O–H groups in total. The van der Waals surface area contributed by atoms with Crippen LogP contribution < -0.4 is 10.6 Å². The summed E-state index contributed by atoms with van der Waals surface area (Å²) in [4.78, 5) is 10.7. The topological polar surface area (TPSA) is 61.4 Å². The number of amides is 1. The van der Waals surface area contributed by atoms with Gasteiger partial charge in [0.15, 0.2) is 0 Å². The van der Waals surface area contributed by atoms with E-state index in [1.54, 1.807) is 6.07 Å². The first-order valence-corrected chi connectivity index (χ1v) is 6.11. The molecule has 0 aromatic heterocycles. The van der Waals surface area contributed by atoms with Gasteiger partial charge in [0.1, 0.15) is 0 Å². The number of nitrogens with one attached hydrogen (secondary N) is 2. The summed E-state index contributed by atoms with van der Waals surface area (Å²) in [6.07, 6.45) is 5.14. The number of benzene rings is 1. The highest BCUT2D eigenvalue weighted by atomic mass is 16.4. The molecule has 4 nitrogen and oxygen atoms in total. The Bertz CT molecular complexity index is 387. The molecule has 0 radical (unpaired) electrons. The molecule has 4 heteroatoms. The first-order valence-electron chi connectivity index (χ1n) is 6.11. The molecule has 1 aromatic carbocycles. The summed E-state index contributed by atoms with van der Waals surface area (Å²) in [7, 11) is 0. The van der Waals surface area contributed by atoms with Crippen molar-refractivity contribution in [2.75, 3.05) is 10.6 Å². The fourth-order valence-corrected chi connectivity index (χ4v) is 2.30. The summed E-state index contributed by atoms with van der Waals surface area (Å²) in [6.45, 7) is 0. The van der Waals surface area contributed by atoms with Gasteiger partial charge in [-0.15, -0.1) is 0 Å². The molecule has 1 aliphatic rings. The Morgan fingerprint density at radius 3 is 2.41 bits per heavy atom. The van der Waals surface area contributed by atoms with Gasteiger partial charge >= 0.3 is 6.09 Å². The number of para-hydroxylation sites is 2. The van der Waals surface area contributed by atoms with Crippen LogP contribution in [0.5, 0.6) is 0 Å². The molecule has 0 heterocycles. The van der Waals surface area contributed by atoms with Gasteiger partial charge in [-0.1, -0.05) is 31.4 Å². The third-order valence-corrected chi connectivity index (χ3v) is 3.13. The van der Waals surface area contributed by atoms with Crippen molar-refractivity contribution in [2.45, 2.75) is 38.1 Å². The molecule has 0 unspecified atom stereocenters. The Balaban J connectivity index is 2.05. The zero-order chi connectivity index (χ0) is 12.1. The number of carbonyl (C=O) groups is 1. The number of anilines is 2. The van der Waals surface area contributed by atoms with Crippen molar-refractivity contribution in [3.05, 3.63) is 24.3 Å². The molecule has 0 bridgehead atoms. The molecule has 17 heavy (non-hydrogen) atoms. The average molecular weight is 234 g/mol. The van der Waals surface area contributed by atoms with Crippen LogP contribution in [0.3, 0.4) is 0 Å². The van der Waals surface area contributed by atoms with E-state index in [4.69, 9.17) is 5.11 Å². The highest BCUT2D eigenvalue weighted by molar-refractivity contribution is 5.88.